The number of anilines is 2. The highest BCUT2D eigenvalue weighted by Gasteiger charge is 2.10. The molecule has 1 saturated heterocycles. The summed E-state index contributed by atoms with van der Waals surface area (Å²) in [4.78, 5) is 2.31. The average molecular weight is 212 g/mol. The van der Waals surface area contributed by atoms with Crippen LogP contribution in [0, 0.1) is 0 Å². The first kappa shape index (κ1) is 9.62. The number of nitrogens with zero attached hydrogens (tertiary/aromatic N) is 1. The summed E-state index contributed by atoms with van der Waals surface area (Å²) in [5.74, 6) is 0. The number of nitrogens with one attached hydrogen (secondary N) is 1. The SMILES string of the molecule is Nc1cc(N2CCNCC2)ccc1Cl. The maximum absolute atomic E-state index is 5.86. The fourth-order valence-electron chi connectivity index (χ4n) is 1.65. The topological polar surface area (TPSA) is 41.3 Å². The summed E-state index contributed by atoms with van der Waals surface area (Å²) >= 11 is 5.86. The van der Waals surface area contributed by atoms with E-state index in [2.05, 4.69) is 10.2 Å². The van der Waals surface area contributed by atoms with E-state index in [0.717, 1.165) is 31.9 Å². The van der Waals surface area contributed by atoms with Gasteiger partial charge in [0, 0.05) is 31.9 Å². The number of halogens is 1. The van der Waals surface area contributed by atoms with Gasteiger partial charge in [-0.1, -0.05) is 11.6 Å². The maximum atomic E-state index is 5.86. The molecule has 0 aromatic heterocycles. The molecule has 1 aromatic rings. The number of hydrogen-bond acceptors (Lipinski definition) is 3. The molecule has 0 saturated carbocycles. The summed E-state index contributed by atoms with van der Waals surface area (Å²) in [6.07, 6.45) is 0. The van der Waals surface area contributed by atoms with E-state index < -0.39 is 0 Å². The van der Waals surface area contributed by atoms with E-state index in [1.165, 1.54) is 0 Å². The van der Waals surface area contributed by atoms with Gasteiger partial charge in [-0.15, -0.1) is 0 Å². The van der Waals surface area contributed by atoms with E-state index in [0.29, 0.717) is 10.7 Å². The van der Waals surface area contributed by atoms with Crippen LogP contribution in [0.4, 0.5) is 11.4 Å². The van der Waals surface area contributed by atoms with Crippen molar-refractivity contribution in [1.29, 1.82) is 0 Å². The number of nitrogen functional groups attached to an aromatic ring is 1. The van der Waals surface area contributed by atoms with Crippen molar-refractivity contribution in [1.82, 2.24) is 5.32 Å². The Morgan fingerprint density at radius 1 is 1.29 bits per heavy atom. The summed E-state index contributed by atoms with van der Waals surface area (Å²) in [6.45, 7) is 4.12. The van der Waals surface area contributed by atoms with E-state index in [1.807, 2.05) is 18.2 Å². The minimum Gasteiger partial charge on any atom is -0.397 e. The molecular formula is C10H14ClN3. The molecule has 1 fully saturated rings. The van der Waals surface area contributed by atoms with Crippen LogP contribution in [0.1, 0.15) is 0 Å². The molecule has 14 heavy (non-hydrogen) atoms. The van der Waals surface area contributed by atoms with E-state index in [4.69, 9.17) is 17.3 Å². The Balaban J connectivity index is 2.18. The molecule has 0 spiro atoms. The highest BCUT2D eigenvalue weighted by Crippen LogP contribution is 2.24. The van der Waals surface area contributed by atoms with Gasteiger partial charge >= 0.3 is 0 Å². The Morgan fingerprint density at radius 2 is 2.00 bits per heavy atom. The largest absolute Gasteiger partial charge is 0.397 e. The van der Waals surface area contributed by atoms with Crippen molar-refractivity contribution in [3.8, 4) is 0 Å². The molecular weight excluding hydrogens is 198 g/mol. The van der Waals surface area contributed by atoms with E-state index in [9.17, 15) is 0 Å². The zero-order chi connectivity index (χ0) is 9.97. The van der Waals surface area contributed by atoms with Gasteiger partial charge < -0.3 is 16.0 Å². The quantitative estimate of drug-likeness (QED) is 0.689. The first-order chi connectivity index (χ1) is 6.77. The predicted molar refractivity (Wildman–Crippen MR) is 60.9 cm³/mol. The van der Waals surface area contributed by atoms with Gasteiger partial charge in [-0.05, 0) is 18.2 Å². The minimum atomic E-state index is 0.629. The molecule has 1 heterocycles. The van der Waals surface area contributed by atoms with Crippen molar-refractivity contribution in [3.63, 3.8) is 0 Å². The van der Waals surface area contributed by atoms with Crippen LogP contribution in [0.25, 0.3) is 0 Å². The molecule has 0 bridgehead atoms. The van der Waals surface area contributed by atoms with Gasteiger partial charge in [0.1, 0.15) is 0 Å². The monoisotopic (exact) mass is 211 g/mol. The molecule has 1 aliphatic rings. The lowest BCUT2D eigenvalue weighted by atomic mass is 10.2. The van der Waals surface area contributed by atoms with Gasteiger partial charge in [0.15, 0.2) is 0 Å². The van der Waals surface area contributed by atoms with Gasteiger partial charge in [0.2, 0.25) is 0 Å². The third kappa shape index (κ3) is 1.94. The first-order valence-electron chi connectivity index (χ1n) is 4.78. The number of benzene rings is 1. The van der Waals surface area contributed by atoms with Crippen molar-refractivity contribution in [2.75, 3.05) is 36.8 Å². The van der Waals surface area contributed by atoms with Crippen LogP contribution in [0.15, 0.2) is 18.2 Å². The van der Waals surface area contributed by atoms with Crippen molar-refractivity contribution in [2.24, 2.45) is 0 Å². The van der Waals surface area contributed by atoms with Crippen LogP contribution in [0.3, 0.4) is 0 Å². The second-order valence-electron chi connectivity index (χ2n) is 3.44. The Hall–Kier alpha value is -0.930. The lowest BCUT2D eigenvalue weighted by Crippen LogP contribution is -2.43. The number of piperazine rings is 1. The molecule has 3 N–H and O–H groups in total. The standard InChI is InChI=1S/C10H14ClN3/c11-9-2-1-8(7-10(9)12)14-5-3-13-4-6-14/h1-2,7,13H,3-6,12H2. The van der Waals surface area contributed by atoms with Gasteiger partial charge in [0.25, 0.3) is 0 Å². The van der Waals surface area contributed by atoms with Crippen LogP contribution in [0.2, 0.25) is 5.02 Å². The summed E-state index contributed by atoms with van der Waals surface area (Å²) in [5.41, 5.74) is 7.57. The third-order valence-electron chi connectivity index (χ3n) is 2.46. The third-order valence-corrected chi connectivity index (χ3v) is 2.81. The second-order valence-corrected chi connectivity index (χ2v) is 3.85. The molecule has 0 unspecified atom stereocenters. The smallest absolute Gasteiger partial charge is 0.0636 e. The molecule has 3 nitrogen and oxygen atoms in total. The maximum Gasteiger partial charge on any atom is 0.0636 e. The fraction of sp³-hybridized carbons (Fsp3) is 0.400. The van der Waals surface area contributed by atoms with Gasteiger partial charge in [0.05, 0.1) is 10.7 Å². The zero-order valence-electron chi connectivity index (χ0n) is 7.96. The van der Waals surface area contributed by atoms with Crippen molar-refractivity contribution < 1.29 is 0 Å². The molecule has 0 radical (unpaired) electrons. The summed E-state index contributed by atoms with van der Waals surface area (Å²) < 4.78 is 0. The van der Waals surface area contributed by atoms with E-state index in [1.54, 1.807) is 0 Å². The number of nitrogens with two attached hydrogens (primary N) is 1. The first-order valence-corrected chi connectivity index (χ1v) is 5.16. The zero-order valence-corrected chi connectivity index (χ0v) is 8.72. The van der Waals surface area contributed by atoms with Gasteiger partial charge in [-0.25, -0.2) is 0 Å². The molecule has 0 aliphatic carbocycles. The Labute approximate surface area is 88.8 Å². The molecule has 0 amide bonds. The highest BCUT2D eigenvalue weighted by molar-refractivity contribution is 6.33. The second kappa shape index (κ2) is 4.07. The van der Waals surface area contributed by atoms with E-state index >= 15 is 0 Å². The van der Waals surface area contributed by atoms with Gasteiger partial charge in [-0.3, -0.25) is 0 Å². The average Bonchev–Trinajstić information content (AvgIpc) is 2.23. The Morgan fingerprint density at radius 3 is 2.64 bits per heavy atom. The molecule has 0 atom stereocenters. The molecule has 1 aliphatic heterocycles. The van der Waals surface area contributed by atoms with Crippen molar-refractivity contribution in [3.05, 3.63) is 23.2 Å². The highest BCUT2D eigenvalue weighted by atomic mass is 35.5. The van der Waals surface area contributed by atoms with Crippen LogP contribution >= 0.6 is 11.6 Å². The molecule has 4 heteroatoms. The van der Waals surface area contributed by atoms with Crippen LogP contribution < -0.4 is 16.0 Å². The van der Waals surface area contributed by atoms with Crippen LogP contribution in [-0.2, 0) is 0 Å². The lowest BCUT2D eigenvalue weighted by Gasteiger charge is -2.29. The summed E-state index contributed by atoms with van der Waals surface area (Å²) in [6, 6.07) is 5.81. The minimum absolute atomic E-state index is 0.629. The van der Waals surface area contributed by atoms with Crippen LogP contribution in [-0.4, -0.2) is 26.2 Å². The van der Waals surface area contributed by atoms with Crippen molar-refractivity contribution in [2.45, 2.75) is 0 Å². The van der Waals surface area contributed by atoms with Gasteiger partial charge in [-0.2, -0.15) is 0 Å². The molecule has 2 rings (SSSR count). The lowest BCUT2D eigenvalue weighted by molar-refractivity contribution is 0.589. The summed E-state index contributed by atoms with van der Waals surface area (Å²) in [7, 11) is 0. The van der Waals surface area contributed by atoms with Crippen molar-refractivity contribution >= 4 is 23.0 Å². The van der Waals surface area contributed by atoms with Crippen LogP contribution in [0.5, 0.6) is 0 Å². The molecule has 1 aromatic carbocycles. The number of rotatable bonds is 1. The summed E-state index contributed by atoms with van der Waals surface area (Å²) in [5, 5.41) is 3.94. The Kier molecular flexibility index (Phi) is 2.79. The van der Waals surface area contributed by atoms with E-state index in [-0.39, 0.29) is 0 Å². The Bertz CT molecular complexity index is 321. The predicted octanol–water partition coefficient (Wildman–Crippen LogP) is 1.33. The normalized spacial score (nSPS) is 17.1. The number of hydrogen-bond donors (Lipinski definition) is 2. The molecule has 76 valence electrons. The fourth-order valence-corrected chi connectivity index (χ4v) is 1.77.